The number of anilines is 1. The fourth-order valence-corrected chi connectivity index (χ4v) is 11.5. The molecule has 2 rings (SSSR count). The Bertz CT molecular complexity index is 2140. The number of hydrogen-bond donors (Lipinski definition) is 1. The Hall–Kier alpha value is -4.69. The number of carbonyl (C=O) groups is 2. The van der Waals surface area contributed by atoms with E-state index < -0.39 is 134 Å². The summed E-state index contributed by atoms with van der Waals surface area (Å²) in [4.78, 5) is 24.7. The SMILES string of the molecule is CCOC(=O)/C=C(C)/C=C/CC[C@H](C)[C@@H](OC(=O)Nc1ccc(F)cc1F)c1ccc(OCCO[Si](CCC(F)(F)C(F)(F)C(F)(F)C(F)(F)C(F)(F)C(F)(F)C(F)(F)C(F)(F)F)(C(C)C)C(C)C)cc1. The highest BCUT2D eigenvalue weighted by molar-refractivity contribution is 6.76. The van der Waals surface area contributed by atoms with E-state index in [0.29, 0.717) is 30.0 Å². The lowest BCUT2D eigenvalue weighted by molar-refractivity contribution is -0.461. The first kappa shape index (κ1) is 62.4. The maximum absolute atomic E-state index is 15.0. The van der Waals surface area contributed by atoms with E-state index in [1.807, 2.05) is 0 Å². The predicted molar refractivity (Wildman–Crippen MR) is 221 cm³/mol. The van der Waals surface area contributed by atoms with E-state index in [9.17, 15) is 84.2 Å². The Morgan fingerprint density at radius 3 is 1.72 bits per heavy atom. The first-order valence-corrected chi connectivity index (χ1v) is 23.5. The maximum Gasteiger partial charge on any atom is 0.460 e. The molecule has 0 aliphatic rings. The van der Waals surface area contributed by atoms with Crippen LogP contribution in [0.25, 0.3) is 0 Å². The largest absolute Gasteiger partial charge is 0.491 e. The Morgan fingerprint density at radius 2 is 1.23 bits per heavy atom. The number of benzene rings is 2. The zero-order valence-corrected chi connectivity index (χ0v) is 39.7. The van der Waals surface area contributed by atoms with Crippen molar-refractivity contribution < 1.29 is 112 Å². The molecule has 0 saturated carbocycles. The number of rotatable bonds is 26. The van der Waals surface area contributed by atoms with E-state index in [1.165, 1.54) is 58.0 Å². The summed E-state index contributed by atoms with van der Waals surface area (Å²) >= 11 is 0. The Balaban J connectivity index is 2.31. The topological polar surface area (TPSA) is 83.1 Å². The lowest BCUT2D eigenvalue weighted by Gasteiger charge is -2.44. The molecule has 2 atom stereocenters. The van der Waals surface area contributed by atoms with E-state index in [4.69, 9.17) is 18.6 Å². The highest BCUT2D eigenvalue weighted by Gasteiger charge is 2.95. The molecule has 404 valence electrons. The first-order chi connectivity index (χ1) is 32.2. The predicted octanol–water partition coefficient (Wildman–Crippen LogP) is 15.3. The highest BCUT2D eigenvalue weighted by Crippen LogP contribution is 2.64. The van der Waals surface area contributed by atoms with Gasteiger partial charge in [-0.2, -0.15) is 74.6 Å². The Kier molecular flexibility index (Phi) is 20.6. The van der Waals surface area contributed by atoms with Gasteiger partial charge in [0.05, 0.1) is 18.9 Å². The molecule has 0 saturated heterocycles. The lowest BCUT2D eigenvalue weighted by Crippen LogP contribution is -2.74. The molecule has 0 aliphatic heterocycles. The second kappa shape index (κ2) is 23.5. The van der Waals surface area contributed by atoms with E-state index in [2.05, 4.69) is 5.32 Å². The van der Waals surface area contributed by atoms with Gasteiger partial charge in [-0.25, -0.2) is 18.4 Å². The molecule has 0 radical (unpaired) electrons. The molecule has 1 N–H and O–H groups in total. The fourth-order valence-electron chi connectivity index (χ4n) is 7.06. The molecule has 0 aliphatic carbocycles. The van der Waals surface area contributed by atoms with Crippen molar-refractivity contribution in [2.75, 3.05) is 25.1 Å². The summed E-state index contributed by atoms with van der Waals surface area (Å²) in [5.41, 5.74) is -1.32. The van der Waals surface area contributed by atoms with Crippen LogP contribution in [0.1, 0.15) is 79.4 Å². The van der Waals surface area contributed by atoms with Crippen molar-refractivity contribution in [1.29, 1.82) is 0 Å². The Labute approximate surface area is 396 Å². The minimum absolute atomic E-state index is 0.0689. The lowest BCUT2D eigenvalue weighted by atomic mass is 9.88. The minimum atomic E-state index is -8.72. The van der Waals surface area contributed by atoms with Crippen molar-refractivity contribution in [2.24, 2.45) is 5.92 Å². The van der Waals surface area contributed by atoms with Gasteiger partial charge in [0.1, 0.15) is 30.1 Å². The molecule has 0 fully saturated rings. The summed E-state index contributed by atoms with van der Waals surface area (Å²) in [5, 5.41) is 2.18. The number of ether oxygens (including phenoxy) is 3. The van der Waals surface area contributed by atoms with Gasteiger partial charge in [-0.3, -0.25) is 5.32 Å². The first-order valence-electron chi connectivity index (χ1n) is 21.2. The van der Waals surface area contributed by atoms with Crippen LogP contribution in [0.3, 0.4) is 0 Å². The van der Waals surface area contributed by atoms with Gasteiger partial charge in [-0.05, 0) is 85.1 Å². The molecule has 2 aromatic carbocycles. The van der Waals surface area contributed by atoms with Crippen LogP contribution in [-0.4, -0.2) is 87.8 Å². The summed E-state index contributed by atoms with van der Waals surface area (Å²) in [5.74, 6) is -60.0. The third-order valence-corrected chi connectivity index (χ3v) is 16.9. The number of hydrogen-bond acceptors (Lipinski definition) is 6. The average Bonchev–Trinajstić information content (AvgIpc) is 3.24. The second-order valence-electron chi connectivity index (χ2n) is 16.9. The smallest absolute Gasteiger partial charge is 0.460 e. The van der Waals surface area contributed by atoms with Gasteiger partial charge in [-0.15, -0.1) is 0 Å². The van der Waals surface area contributed by atoms with Crippen molar-refractivity contribution >= 4 is 26.1 Å². The van der Waals surface area contributed by atoms with Gasteiger partial charge in [0.25, 0.3) is 0 Å². The van der Waals surface area contributed by atoms with Crippen LogP contribution in [0.5, 0.6) is 5.75 Å². The van der Waals surface area contributed by atoms with E-state index in [1.54, 1.807) is 32.9 Å². The third kappa shape index (κ3) is 13.7. The zero-order chi connectivity index (χ0) is 55.0. The summed E-state index contributed by atoms with van der Waals surface area (Å²) in [6.07, 6.45) is -7.21. The molecule has 0 spiro atoms. The number of nitrogens with one attached hydrogen (secondary N) is 1. The zero-order valence-electron chi connectivity index (χ0n) is 38.7. The monoisotopic (exact) mass is 1080 g/mol. The molecule has 7 nitrogen and oxygen atoms in total. The van der Waals surface area contributed by atoms with Gasteiger partial charge >= 0.3 is 59.7 Å². The minimum Gasteiger partial charge on any atom is -0.491 e. The van der Waals surface area contributed by atoms with Crippen molar-refractivity contribution in [3.8, 4) is 5.75 Å². The summed E-state index contributed by atoms with van der Waals surface area (Å²) in [6, 6.07) is 6.59. The van der Waals surface area contributed by atoms with Crippen LogP contribution in [0.4, 0.5) is 93.9 Å². The molecule has 71 heavy (non-hydrogen) atoms. The summed E-state index contributed by atoms with van der Waals surface area (Å²) in [7, 11) is -4.06. The standard InChI is InChI=1S/C44H50F19NO6Si/c1-8-67-34(65)23-27(6)11-9-10-12-28(7)35(70-36(66)64-33-18-15-30(45)24-32(33)46)29-13-16-31(17-14-29)68-20-21-69-71(25(2)3,26(4)5)22-19-37(47,48)38(49,50)39(51,52)40(53,54)41(55,56)42(57,58)43(59,60)44(61,62)63/h9,11,13-18,23-26,28,35H,8,10,12,19-22H2,1-7H3,(H,64,66)/b11-9+,27-23+/t28-,35+/m0/s1. The number of esters is 1. The number of allylic oxidation sites excluding steroid dienone is 3. The van der Waals surface area contributed by atoms with Crippen molar-refractivity contribution in [3.63, 3.8) is 0 Å². The van der Waals surface area contributed by atoms with Gasteiger partial charge in [-0.1, -0.05) is 58.9 Å². The molecule has 0 aromatic heterocycles. The second-order valence-corrected chi connectivity index (χ2v) is 21.9. The highest BCUT2D eigenvalue weighted by atomic mass is 28.4. The quantitative estimate of drug-likeness (QED) is 0.0252. The van der Waals surface area contributed by atoms with Crippen molar-refractivity contribution in [3.05, 3.63) is 83.5 Å². The normalized spacial score (nSPS) is 15.1. The van der Waals surface area contributed by atoms with Crippen molar-refractivity contribution in [2.45, 2.75) is 139 Å². The van der Waals surface area contributed by atoms with Crippen LogP contribution < -0.4 is 10.1 Å². The third-order valence-electron chi connectivity index (χ3n) is 11.2. The summed E-state index contributed by atoms with van der Waals surface area (Å²) in [6.45, 7) is 9.31. The van der Waals surface area contributed by atoms with Gasteiger partial charge in [0.15, 0.2) is 8.32 Å². The van der Waals surface area contributed by atoms with Crippen LogP contribution in [-0.2, 0) is 18.7 Å². The van der Waals surface area contributed by atoms with E-state index in [0.717, 1.165) is 12.1 Å². The molecule has 0 heterocycles. The molecule has 0 unspecified atom stereocenters. The van der Waals surface area contributed by atoms with E-state index >= 15 is 8.78 Å². The molecular weight excluding hydrogens is 1030 g/mol. The van der Waals surface area contributed by atoms with Crippen LogP contribution in [0.15, 0.2) is 66.3 Å². The average molecular weight is 1080 g/mol. The van der Waals surface area contributed by atoms with Gasteiger partial charge in [0.2, 0.25) is 0 Å². The van der Waals surface area contributed by atoms with Crippen molar-refractivity contribution in [1.82, 2.24) is 0 Å². The number of amides is 1. The van der Waals surface area contributed by atoms with Crippen LogP contribution in [0, 0.1) is 17.6 Å². The summed E-state index contributed by atoms with van der Waals surface area (Å²) < 4.78 is 286. The number of halogens is 19. The molecule has 2 aromatic rings. The van der Waals surface area contributed by atoms with Crippen LogP contribution in [0.2, 0.25) is 17.1 Å². The van der Waals surface area contributed by atoms with Gasteiger partial charge < -0.3 is 18.6 Å². The van der Waals surface area contributed by atoms with Gasteiger partial charge in [0, 0.05) is 18.6 Å². The maximum atomic E-state index is 15.0. The molecule has 27 heteroatoms. The molecule has 1 amide bonds. The number of alkyl halides is 17. The Morgan fingerprint density at radius 1 is 0.704 bits per heavy atom. The molecule has 0 bridgehead atoms. The number of carbonyl (C=O) groups excluding carboxylic acids is 2. The molecular formula is C44H50F19NO6Si. The fraction of sp³-hybridized carbons (Fsp3) is 0.591. The van der Waals surface area contributed by atoms with E-state index in [-0.39, 0.29) is 12.4 Å². The van der Waals surface area contributed by atoms with Crippen LogP contribution >= 0.6 is 0 Å².